The van der Waals surface area contributed by atoms with Crippen LogP contribution in [0.1, 0.15) is 26.5 Å². The molecule has 0 bridgehead atoms. The van der Waals surface area contributed by atoms with Crippen LogP contribution in [0.4, 0.5) is 0 Å². The minimum atomic E-state index is -0.281. The van der Waals surface area contributed by atoms with Crippen LogP contribution >= 0.6 is 0 Å². The van der Waals surface area contributed by atoms with Crippen molar-refractivity contribution in [2.45, 2.75) is 39.4 Å². The average Bonchev–Trinajstić information content (AvgIpc) is 2.75. The fourth-order valence-corrected chi connectivity index (χ4v) is 1.95. The highest BCUT2D eigenvalue weighted by molar-refractivity contribution is 5.81. The summed E-state index contributed by atoms with van der Waals surface area (Å²) in [5.74, 6) is 0. The van der Waals surface area contributed by atoms with Gasteiger partial charge in [0.05, 0.1) is 17.8 Å². The van der Waals surface area contributed by atoms with Crippen LogP contribution in [0.3, 0.4) is 0 Å². The van der Waals surface area contributed by atoms with Crippen LogP contribution in [-0.2, 0) is 13.1 Å². The third-order valence-corrected chi connectivity index (χ3v) is 3.16. The van der Waals surface area contributed by atoms with Crippen molar-refractivity contribution in [3.63, 3.8) is 0 Å². The minimum absolute atomic E-state index is 0.111. The molecule has 2 N–H and O–H groups in total. The molecule has 0 aliphatic rings. The van der Waals surface area contributed by atoms with Gasteiger partial charge in [0.15, 0.2) is 0 Å². The Bertz CT molecular complexity index is 531. The second-order valence-corrected chi connectivity index (χ2v) is 5.18. The Morgan fingerprint density at radius 3 is 2.72 bits per heavy atom. The predicted octanol–water partition coefficient (Wildman–Crippen LogP) is 1.92. The number of hydrogen-bond donors (Lipinski definition) is 2. The van der Waals surface area contributed by atoms with Crippen molar-refractivity contribution in [2.75, 3.05) is 6.61 Å². The quantitative estimate of drug-likeness (QED) is 0.848. The van der Waals surface area contributed by atoms with Gasteiger partial charge in [-0.1, -0.05) is 18.2 Å². The van der Waals surface area contributed by atoms with E-state index in [1.165, 1.54) is 10.9 Å². The van der Waals surface area contributed by atoms with E-state index < -0.39 is 0 Å². The Hall–Kier alpha value is -1.39. The summed E-state index contributed by atoms with van der Waals surface area (Å²) in [5, 5.41) is 18.4. The molecule has 0 saturated carbocycles. The van der Waals surface area contributed by atoms with Gasteiger partial charge in [-0.25, -0.2) is 0 Å². The van der Waals surface area contributed by atoms with Gasteiger partial charge in [-0.15, -0.1) is 0 Å². The van der Waals surface area contributed by atoms with Crippen LogP contribution in [0.5, 0.6) is 0 Å². The first-order valence-corrected chi connectivity index (χ1v) is 6.37. The summed E-state index contributed by atoms with van der Waals surface area (Å²) < 4.78 is 2.01. The number of aliphatic hydroxyl groups excluding tert-OH is 1. The Kier molecular flexibility index (Phi) is 3.68. The van der Waals surface area contributed by atoms with Crippen LogP contribution in [0.25, 0.3) is 10.9 Å². The molecule has 0 spiro atoms. The van der Waals surface area contributed by atoms with Gasteiger partial charge in [-0.3, -0.25) is 4.68 Å². The normalized spacial score (nSPS) is 12.2. The third kappa shape index (κ3) is 2.54. The number of nitrogens with one attached hydrogen (secondary N) is 1. The summed E-state index contributed by atoms with van der Waals surface area (Å²) in [6.45, 7) is 7.69. The summed E-state index contributed by atoms with van der Waals surface area (Å²) in [5.41, 5.74) is 1.92. The lowest BCUT2D eigenvalue weighted by atomic mass is 10.1. The zero-order valence-electron chi connectivity index (χ0n) is 11.3. The van der Waals surface area contributed by atoms with Crippen LogP contribution in [-0.4, -0.2) is 27.0 Å². The van der Waals surface area contributed by atoms with Gasteiger partial charge in [-0.05, 0) is 26.8 Å². The third-order valence-electron chi connectivity index (χ3n) is 3.16. The minimum Gasteiger partial charge on any atom is -0.394 e. The van der Waals surface area contributed by atoms with Crippen molar-refractivity contribution in [3.05, 3.63) is 30.0 Å². The fourth-order valence-electron chi connectivity index (χ4n) is 1.95. The molecule has 1 heterocycles. The SMILES string of the molecule is CCn1nc(CNC(C)(C)CO)c2ccccc21. The number of aryl methyl sites for hydroxylation is 1. The number of aliphatic hydroxyl groups is 1. The highest BCUT2D eigenvalue weighted by Crippen LogP contribution is 2.18. The zero-order valence-corrected chi connectivity index (χ0v) is 11.3. The monoisotopic (exact) mass is 247 g/mol. The van der Waals surface area contributed by atoms with Gasteiger partial charge >= 0.3 is 0 Å². The van der Waals surface area contributed by atoms with Crippen LogP contribution in [0.2, 0.25) is 0 Å². The fraction of sp³-hybridized carbons (Fsp3) is 0.500. The summed E-state index contributed by atoms with van der Waals surface area (Å²) >= 11 is 0. The maximum absolute atomic E-state index is 9.25. The summed E-state index contributed by atoms with van der Waals surface area (Å²) in [4.78, 5) is 0. The van der Waals surface area contributed by atoms with Crippen molar-refractivity contribution < 1.29 is 5.11 Å². The van der Waals surface area contributed by atoms with Gasteiger partial charge in [0.2, 0.25) is 0 Å². The second-order valence-electron chi connectivity index (χ2n) is 5.18. The van der Waals surface area contributed by atoms with Crippen molar-refractivity contribution in [2.24, 2.45) is 0 Å². The highest BCUT2D eigenvalue weighted by atomic mass is 16.3. The lowest BCUT2D eigenvalue weighted by molar-refractivity contribution is 0.187. The van der Waals surface area contributed by atoms with E-state index in [1.54, 1.807) is 0 Å². The molecule has 0 radical (unpaired) electrons. The Balaban J connectivity index is 2.28. The Morgan fingerprint density at radius 1 is 1.33 bits per heavy atom. The molecule has 0 aliphatic heterocycles. The second kappa shape index (κ2) is 5.08. The molecule has 0 aliphatic carbocycles. The molecule has 0 amide bonds. The number of hydrogen-bond acceptors (Lipinski definition) is 3. The highest BCUT2D eigenvalue weighted by Gasteiger charge is 2.17. The number of rotatable bonds is 5. The summed E-state index contributed by atoms with van der Waals surface area (Å²) in [6.07, 6.45) is 0. The van der Waals surface area contributed by atoms with Crippen LogP contribution in [0, 0.1) is 0 Å². The van der Waals surface area contributed by atoms with E-state index in [9.17, 15) is 5.11 Å². The first kappa shape index (κ1) is 13.1. The number of nitrogens with zero attached hydrogens (tertiary/aromatic N) is 2. The molecule has 0 atom stereocenters. The van der Waals surface area contributed by atoms with Crippen LogP contribution < -0.4 is 5.32 Å². The zero-order chi connectivity index (χ0) is 13.2. The molecular weight excluding hydrogens is 226 g/mol. The molecule has 0 unspecified atom stereocenters. The van der Waals surface area contributed by atoms with Gasteiger partial charge in [0.25, 0.3) is 0 Å². The molecule has 4 heteroatoms. The number of para-hydroxylation sites is 1. The molecule has 2 rings (SSSR count). The average molecular weight is 247 g/mol. The first-order valence-electron chi connectivity index (χ1n) is 6.37. The molecule has 0 fully saturated rings. The van der Waals surface area contributed by atoms with Gasteiger partial charge in [0.1, 0.15) is 0 Å². The predicted molar refractivity (Wildman–Crippen MR) is 73.4 cm³/mol. The first-order chi connectivity index (χ1) is 8.57. The van der Waals surface area contributed by atoms with Gasteiger partial charge < -0.3 is 10.4 Å². The summed E-state index contributed by atoms with van der Waals surface area (Å²) in [6, 6.07) is 8.25. The van der Waals surface area contributed by atoms with Crippen molar-refractivity contribution in [1.82, 2.24) is 15.1 Å². The molecule has 98 valence electrons. The molecule has 4 nitrogen and oxygen atoms in total. The van der Waals surface area contributed by atoms with E-state index in [-0.39, 0.29) is 12.1 Å². The van der Waals surface area contributed by atoms with Crippen molar-refractivity contribution in [3.8, 4) is 0 Å². The smallest absolute Gasteiger partial charge is 0.0841 e. The van der Waals surface area contributed by atoms with E-state index in [2.05, 4.69) is 29.5 Å². The molecule has 2 aromatic rings. The molecular formula is C14H21N3O. The van der Waals surface area contributed by atoms with Crippen LogP contribution in [0.15, 0.2) is 24.3 Å². The Labute approximate surface area is 108 Å². The Morgan fingerprint density at radius 2 is 2.06 bits per heavy atom. The topological polar surface area (TPSA) is 50.1 Å². The summed E-state index contributed by atoms with van der Waals surface area (Å²) in [7, 11) is 0. The lowest BCUT2D eigenvalue weighted by Gasteiger charge is -2.22. The lowest BCUT2D eigenvalue weighted by Crippen LogP contribution is -2.42. The van der Waals surface area contributed by atoms with Gasteiger partial charge in [0, 0.05) is 24.0 Å². The van der Waals surface area contributed by atoms with E-state index in [0.717, 1.165) is 12.2 Å². The van der Waals surface area contributed by atoms with E-state index >= 15 is 0 Å². The van der Waals surface area contributed by atoms with E-state index in [0.29, 0.717) is 6.54 Å². The molecule has 18 heavy (non-hydrogen) atoms. The van der Waals surface area contributed by atoms with E-state index in [1.807, 2.05) is 30.7 Å². The largest absolute Gasteiger partial charge is 0.394 e. The number of benzene rings is 1. The molecule has 1 aromatic carbocycles. The van der Waals surface area contributed by atoms with Crippen molar-refractivity contribution >= 4 is 10.9 Å². The standard InChI is InChI=1S/C14H21N3O/c1-4-17-13-8-6-5-7-11(13)12(16-17)9-15-14(2,3)10-18/h5-8,15,18H,4,9-10H2,1-3H3. The van der Waals surface area contributed by atoms with Gasteiger partial charge in [-0.2, -0.15) is 5.10 Å². The number of aromatic nitrogens is 2. The van der Waals surface area contributed by atoms with Crippen molar-refractivity contribution in [1.29, 1.82) is 0 Å². The number of fused-ring (bicyclic) bond motifs is 1. The maximum Gasteiger partial charge on any atom is 0.0841 e. The molecule has 0 saturated heterocycles. The maximum atomic E-state index is 9.25. The van der Waals surface area contributed by atoms with E-state index in [4.69, 9.17) is 0 Å². The molecule has 1 aromatic heterocycles.